The highest BCUT2D eigenvalue weighted by atomic mass is 16.5. The third-order valence-corrected chi connectivity index (χ3v) is 4.12. The molecule has 0 bridgehead atoms. The van der Waals surface area contributed by atoms with Crippen molar-refractivity contribution in [3.8, 4) is 5.75 Å². The molecule has 0 aliphatic heterocycles. The molecule has 0 saturated heterocycles. The van der Waals surface area contributed by atoms with Crippen molar-refractivity contribution in [1.29, 1.82) is 0 Å². The maximum Gasteiger partial charge on any atom is 0.207 e. The molecule has 1 aliphatic rings. The van der Waals surface area contributed by atoms with Crippen molar-refractivity contribution >= 4 is 5.78 Å². The van der Waals surface area contributed by atoms with Crippen LogP contribution in [0.25, 0.3) is 0 Å². The molecule has 4 heteroatoms. The summed E-state index contributed by atoms with van der Waals surface area (Å²) in [7, 11) is 5.56. The van der Waals surface area contributed by atoms with Crippen molar-refractivity contribution in [3.63, 3.8) is 0 Å². The molecule has 0 atom stereocenters. The molecule has 2 aromatic rings. The molecule has 1 heterocycles. The van der Waals surface area contributed by atoms with Gasteiger partial charge >= 0.3 is 0 Å². The first-order valence-corrected chi connectivity index (χ1v) is 7.81. The fourth-order valence-electron chi connectivity index (χ4n) is 3.06. The summed E-state index contributed by atoms with van der Waals surface area (Å²) in [5, 5.41) is 0. The van der Waals surface area contributed by atoms with Gasteiger partial charge in [-0.2, -0.15) is 0 Å². The molecule has 3 rings (SSSR count). The van der Waals surface area contributed by atoms with Gasteiger partial charge in [0, 0.05) is 38.6 Å². The molecule has 0 N–H and O–H groups in total. The number of fused-ring (bicyclic) bond motifs is 1. The van der Waals surface area contributed by atoms with Crippen molar-refractivity contribution in [2.75, 3.05) is 21.2 Å². The average Bonchev–Trinajstić information content (AvgIpc) is 2.93. The molecule has 0 saturated carbocycles. The Morgan fingerprint density at radius 1 is 1.26 bits per heavy atom. The van der Waals surface area contributed by atoms with E-state index in [1.165, 1.54) is 0 Å². The summed E-state index contributed by atoms with van der Waals surface area (Å²) in [6.45, 7) is 0.674. The van der Waals surface area contributed by atoms with Crippen LogP contribution in [0.3, 0.4) is 0 Å². The lowest BCUT2D eigenvalue weighted by Crippen LogP contribution is -2.20. The Labute approximate surface area is 137 Å². The highest BCUT2D eigenvalue weighted by Gasteiger charge is 2.25. The Balaban J connectivity index is 1.92. The highest BCUT2D eigenvalue weighted by Crippen LogP contribution is 2.27. The van der Waals surface area contributed by atoms with Crippen LogP contribution in [0, 0.1) is 0 Å². The number of aryl methyl sites for hydroxylation is 1. The van der Waals surface area contributed by atoms with Gasteiger partial charge in [0.1, 0.15) is 5.75 Å². The van der Waals surface area contributed by atoms with E-state index in [1.807, 2.05) is 49.6 Å². The van der Waals surface area contributed by atoms with Crippen molar-refractivity contribution < 1.29 is 9.53 Å². The number of Topliss-reactive ketones (excluding diaryl/α,β-unsaturated/α-hetero) is 1. The minimum Gasteiger partial charge on any atom is -0.497 e. The Hall–Kier alpha value is -2.49. The number of rotatable bonds is 4. The standard InChI is InChI=1S/C19H22N2O2/c1-20(2)13-16-8-7-15-9-10-21(18(15)19(16)22)12-14-5-4-6-17(11-14)23-3/h4-6,9-11,13H,7-8,12H2,1-3H3/b16-13-. The fraction of sp³-hybridized carbons (Fsp3) is 0.316. The molecule has 4 nitrogen and oxygen atoms in total. The van der Waals surface area contributed by atoms with Gasteiger partial charge in [-0.25, -0.2) is 0 Å². The van der Waals surface area contributed by atoms with Gasteiger partial charge in [-0.3, -0.25) is 4.79 Å². The van der Waals surface area contributed by atoms with Gasteiger partial charge in [-0.15, -0.1) is 0 Å². The number of aromatic nitrogens is 1. The quantitative estimate of drug-likeness (QED) is 0.814. The first-order valence-electron chi connectivity index (χ1n) is 7.81. The van der Waals surface area contributed by atoms with Crippen molar-refractivity contribution in [3.05, 3.63) is 65.1 Å². The van der Waals surface area contributed by atoms with Crippen LogP contribution in [0.15, 0.2) is 48.3 Å². The SMILES string of the molecule is COc1cccc(Cn2ccc3c2C(=O)/C(=C\N(C)C)CC3)c1. The van der Waals surface area contributed by atoms with E-state index in [-0.39, 0.29) is 5.78 Å². The predicted octanol–water partition coefficient (Wildman–Crippen LogP) is 3.12. The van der Waals surface area contributed by atoms with Crippen molar-refractivity contribution in [1.82, 2.24) is 9.47 Å². The zero-order chi connectivity index (χ0) is 16.4. The summed E-state index contributed by atoms with van der Waals surface area (Å²) in [5.74, 6) is 0.982. The normalized spacial score (nSPS) is 15.6. The van der Waals surface area contributed by atoms with E-state index in [9.17, 15) is 4.79 Å². The molecule has 0 amide bonds. The van der Waals surface area contributed by atoms with Crippen LogP contribution >= 0.6 is 0 Å². The minimum absolute atomic E-state index is 0.146. The van der Waals surface area contributed by atoms with Crippen LogP contribution in [0.2, 0.25) is 0 Å². The number of hydrogen-bond acceptors (Lipinski definition) is 3. The molecule has 0 unspecified atom stereocenters. The average molecular weight is 310 g/mol. The van der Waals surface area contributed by atoms with Crippen molar-refractivity contribution in [2.45, 2.75) is 19.4 Å². The zero-order valence-electron chi connectivity index (χ0n) is 13.9. The summed E-state index contributed by atoms with van der Waals surface area (Å²) >= 11 is 0. The van der Waals surface area contributed by atoms with Gasteiger partial charge in [-0.1, -0.05) is 12.1 Å². The second kappa shape index (κ2) is 6.32. The van der Waals surface area contributed by atoms with Gasteiger partial charge in [0.05, 0.1) is 12.8 Å². The van der Waals surface area contributed by atoms with Gasteiger partial charge in [0.2, 0.25) is 5.78 Å². The van der Waals surface area contributed by atoms with Crippen LogP contribution in [0.4, 0.5) is 0 Å². The third-order valence-electron chi connectivity index (χ3n) is 4.12. The van der Waals surface area contributed by atoms with Gasteiger partial charge < -0.3 is 14.2 Å². The number of allylic oxidation sites excluding steroid dienone is 1. The number of carbonyl (C=O) groups is 1. The van der Waals surface area contributed by atoms with Crippen LogP contribution in [0.5, 0.6) is 5.75 Å². The number of ketones is 1. The maximum absolute atomic E-state index is 12.8. The van der Waals surface area contributed by atoms with E-state index in [4.69, 9.17) is 4.74 Å². The van der Waals surface area contributed by atoms with Crippen molar-refractivity contribution in [2.24, 2.45) is 0 Å². The molecule has 0 radical (unpaired) electrons. The fourth-order valence-corrected chi connectivity index (χ4v) is 3.06. The third kappa shape index (κ3) is 3.16. The maximum atomic E-state index is 12.8. The summed E-state index contributed by atoms with van der Waals surface area (Å²) in [6.07, 6.45) is 5.69. The van der Waals surface area contributed by atoms with Gasteiger partial charge in [0.15, 0.2) is 0 Å². The number of carbonyl (C=O) groups excluding carboxylic acids is 1. The molecular weight excluding hydrogens is 288 g/mol. The van der Waals surface area contributed by atoms with Gasteiger partial charge in [0.25, 0.3) is 0 Å². The lowest BCUT2D eigenvalue weighted by molar-refractivity contribution is 0.101. The van der Waals surface area contributed by atoms with Crippen LogP contribution in [-0.4, -0.2) is 36.5 Å². The van der Waals surface area contributed by atoms with E-state index in [1.54, 1.807) is 7.11 Å². The molecule has 0 spiro atoms. The molecule has 1 aromatic heterocycles. The van der Waals surface area contributed by atoms with E-state index < -0.39 is 0 Å². The Kier molecular flexibility index (Phi) is 4.24. The molecule has 1 aliphatic carbocycles. The lowest BCUT2D eigenvalue weighted by Gasteiger charge is -2.19. The molecule has 120 valence electrons. The minimum atomic E-state index is 0.146. The zero-order valence-corrected chi connectivity index (χ0v) is 13.9. The summed E-state index contributed by atoms with van der Waals surface area (Å²) in [4.78, 5) is 14.7. The monoisotopic (exact) mass is 310 g/mol. The first kappa shape index (κ1) is 15.4. The summed E-state index contributed by atoms with van der Waals surface area (Å²) in [5.41, 5.74) is 3.98. The largest absolute Gasteiger partial charge is 0.497 e. The van der Waals surface area contributed by atoms with Crippen LogP contribution in [-0.2, 0) is 13.0 Å². The highest BCUT2D eigenvalue weighted by molar-refractivity contribution is 6.09. The molecule has 23 heavy (non-hydrogen) atoms. The number of hydrogen-bond donors (Lipinski definition) is 0. The number of nitrogens with zero attached hydrogens (tertiary/aromatic N) is 2. The topological polar surface area (TPSA) is 34.5 Å². The Morgan fingerprint density at radius 2 is 2.09 bits per heavy atom. The van der Waals surface area contributed by atoms with E-state index >= 15 is 0 Å². The lowest BCUT2D eigenvalue weighted by atomic mass is 9.92. The first-order chi connectivity index (χ1) is 11.1. The molecular formula is C19H22N2O2. The Bertz CT molecular complexity index is 756. The van der Waals surface area contributed by atoms with Crippen LogP contribution < -0.4 is 4.74 Å². The summed E-state index contributed by atoms with van der Waals surface area (Å²) < 4.78 is 7.33. The number of benzene rings is 1. The van der Waals surface area contributed by atoms with E-state index in [0.29, 0.717) is 6.54 Å². The molecule has 0 fully saturated rings. The Morgan fingerprint density at radius 3 is 2.83 bits per heavy atom. The van der Waals surface area contributed by atoms with Crippen LogP contribution in [0.1, 0.15) is 28.0 Å². The predicted molar refractivity (Wildman–Crippen MR) is 90.9 cm³/mol. The second-order valence-electron chi connectivity index (χ2n) is 6.12. The molecule has 1 aromatic carbocycles. The second-order valence-corrected chi connectivity index (χ2v) is 6.12. The smallest absolute Gasteiger partial charge is 0.207 e. The van der Waals surface area contributed by atoms with E-state index in [0.717, 1.165) is 41.0 Å². The number of ether oxygens (including phenoxy) is 1. The van der Waals surface area contributed by atoms with E-state index in [2.05, 4.69) is 16.7 Å². The number of methoxy groups -OCH3 is 1. The summed E-state index contributed by atoms with van der Waals surface area (Å²) in [6, 6.07) is 10.0. The van der Waals surface area contributed by atoms with Gasteiger partial charge in [-0.05, 0) is 42.2 Å².